The topological polar surface area (TPSA) is 105 Å². The van der Waals surface area contributed by atoms with Crippen LogP contribution in [0.5, 0.6) is 0 Å². The zero-order valence-corrected chi connectivity index (χ0v) is 13.6. The van der Waals surface area contributed by atoms with Crippen LogP contribution >= 0.6 is 15.9 Å². The Bertz CT molecular complexity index is 662. The summed E-state index contributed by atoms with van der Waals surface area (Å²) in [6.07, 6.45) is 0.145. The summed E-state index contributed by atoms with van der Waals surface area (Å²) in [7, 11) is -2.42. The molecule has 0 spiro atoms. The largest absolute Gasteiger partial charge is 0.395 e. The van der Waals surface area contributed by atoms with Crippen LogP contribution in [0.1, 0.15) is 5.56 Å². The number of aliphatic hydroxyl groups is 1. The van der Waals surface area contributed by atoms with Gasteiger partial charge >= 0.3 is 0 Å². The SMILES string of the molecule is COCC(CO)NS(=O)(=O)c1cc2c(cc1Br)NC(=O)C2. The van der Waals surface area contributed by atoms with Crippen molar-refractivity contribution < 1.29 is 23.1 Å². The first-order chi connectivity index (χ1) is 9.87. The molecule has 1 aliphatic rings. The number of methoxy groups -OCH3 is 1. The lowest BCUT2D eigenvalue weighted by molar-refractivity contribution is -0.115. The van der Waals surface area contributed by atoms with Gasteiger partial charge in [-0.3, -0.25) is 4.79 Å². The number of carbonyl (C=O) groups excluding carboxylic acids is 1. The Morgan fingerprint density at radius 3 is 2.86 bits per heavy atom. The highest BCUT2D eigenvalue weighted by atomic mass is 79.9. The Morgan fingerprint density at radius 1 is 1.52 bits per heavy atom. The van der Waals surface area contributed by atoms with Crippen LogP contribution in [0.25, 0.3) is 0 Å². The minimum atomic E-state index is -3.84. The van der Waals surface area contributed by atoms with Crippen molar-refractivity contribution in [3.05, 3.63) is 22.2 Å². The molecule has 0 saturated heterocycles. The van der Waals surface area contributed by atoms with E-state index in [-0.39, 0.29) is 30.4 Å². The number of aliphatic hydroxyl groups excluding tert-OH is 1. The lowest BCUT2D eigenvalue weighted by atomic mass is 10.2. The fourth-order valence-electron chi connectivity index (χ4n) is 2.04. The predicted molar refractivity (Wildman–Crippen MR) is 79.5 cm³/mol. The predicted octanol–water partition coefficient (Wildman–Crippen LogP) is 0.229. The van der Waals surface area contributed by atoms with Crippen molar-refractivity contribution in [2.45, 2.75) is 17.4 Å². The molecule has 1 aromatic rings. The van der Waals surface area contributed by atoms with Crippen molar-refractivity contribution in [1.29, 1.82) is 0 Å². The normalized spacial score (nSPS) is 15.7. The summed E-state index contributed by atoms with van der Waals surface area (Å²) < 4.78 is 32.3. The van der Waals surface area contributed by atoms with Gasteiger partial charge < -0.3 is 15.2 Å². The number of amides is 1. The molecule has 1 atom stereocenters. The molecular formula is C12H15BrN2O5S. The Balaban J connectivity index is 2.33. The van der Waals surface area contributed by atoms with Crippen LogP contribution in [0.2, 0.25) is 0 Å². The molecule has 2 rings (SSSR count). The smallest absolute Gasteiger partial charge is 0.242 e. The van der Waals surface area contributed by atoms with Crippen molar-refractivity contribution in [2.24, 2.45) is 0 Å². The number of hydrogen-bond donors (Lipinski definition) is 3. The monoisotopic (exact) mass is 378 g/mol. The molecule has 1 aromatic carbocycles. The molecule has 1 amide bonds. The molecule has 116 valence electrons. The molecule has 0 radical (unpaired) electrons. The lowest BCUT2D eigenvalue weighted by Crippen LogP contribution is -2.40. The van der Waals surface area contributed by atoms with E-state index in [9.17, 15) is 13.2 Å². The van der Waals surface area contributed by atoms with Gasteiger partial charge in [-0.1, -0.05) is 0 Å². The van der Waals surface area contributed by atoms with Crippen LogP contribution in [0.15, 0.2) is 21.5 Å². The van der Waals surface area contributed by atoms with E-state index in [0.29, 0.717) is 15.7 Å². The Labute approximate surface area is 130 Å². The second-order valence-corrected chi connectivity index (χ2v) is 7.16. The molecule has 21 heavy (non-hydrogen) atoms. The van der Waals surface area contributed by atoms with Crippen LogP contribution in [-0.2, 0) is 26.0 Å². The third kappa shape index (κ3) is 3.61. The van der Waals surface area contributed by atoms with Crippen molar-refractivity contribution in [1.82, 2.24) is 4.72 Å². The Kier molecular flexibility index (Phi) is 4.99. The van der Waals surface area contributed by atoms with Gasteiger partial charge in [0.25, 0.3) is 0 Å². The van der Waals surface area contributed by atoms with Crippen molar-refractivity contribution >= 4 is 37.5 Å². The number of rotatable bonds is 6. The minimum Gasteiger partial charge on any atom is -0.395 e. The number of hydrogen-bond acceptors (Lipinski definition) is 5. The molecule has 1 unspecified atom stereocenters. The zero-order chi connectivity index (χ0) is 15.6. The van der Waals surface area contributed by atoms with E-state index < -0.39 is 16.1 Å². The van der Waals surface area contributed by atoms with Gasteiger partial charge in [-0.25, -0.2) is 13.1 Å². The third-order valence-corrected chi connectivity index (χ3v) is 5.46. The molecule has 0 saturated carbocycles. The second-order valence-electron chi connectivity index (χ2n) is 4.62. The van der Waals surface area contributed by atoms with Gasteiger partial charge in [0, 0.05) is 17.3 Å². The summed E-state index contributed by atoms with van der Waals surface area (Å²) in [6.45, 7) is -0.325. The average molecular weight is 379 g/mol. The van der Waals surface area contributed by atoms with E-state index in [1.807, 2.05) is 0 Å². The minimum absolute atomic E-state index is 0.0207. The first-order valence-electron chi connectivity index (χ1n) is 6.11. The number of benzene rings is 1. The summed E-state index contributed by atoms with van der Waals surface area (Å²) >= 11 is 3.19. The van der Waals surface area contributed by atoms with Crippen molar-refractivity contribution in [2.75, 3.05) is 25.6 Å². The Hall–Kier alpha value is -1.00. The highest BCUT2D eigenvalue weighted by Gasteiger charge is 2.26. The van der Waals surface area contributed by atoms with Gasteiger partial charge in [0.05, 0.1) is 30.6 Å². The molecule has 9 heteroatoms. The fourth-order valence-corrected chi connectivity index (χ4v) is 4.34. The van der Waals surface area contributed by atoms with E-state index in [1.54, 1.807) is 6.07 Å². The maximum absolute atomic E-state index is 12.4. The maximum Gasteiger partial charge on any atom is 0.242 e. The molecule has 3 N–H and O–H groups in total. The van der Waals surface area contributed by atoms with Crippen LogP contribution in [0.4, 0.5) is 5.69 Å². The summed E-state index contributed by atoms with van der Waals surface area (Å²) in [5.41, 5.74) is 1.22. The standard InChI is InChI=1S/C12H15BrN2O5S/c1-20-6-8(5-16)15-21(18,19)11-2-7-3-12(17)14-10(7)4-9(11)13/h2,4,8,15-16H,3,5-6H2,1H3,(H,14,17). The molecule has 7 nitrogen and oxygen atoms in total. The van der Waals surface area contributed by atoms with Crippen LogP contribution < -0.4 is 10.0 Å². The quantitative estimate of drug-likeness (QED) is 0.657. The van der Waals surface area contributed by atoms with Gasteiger partial charge in [0.15, 0.2) is 0 Å². The molecule has 0 fully saturated rings. The van der Waals surface area contributed by atoms with Crippen LogP contribution in [0, 0.1) is 0 Å². The van der Waals surface area contributed by atoms with Gasteiger partial charge in [-0.05, 0) is 33.6 Å². The third-order valence-electron chi connectivity index (χ3n) is 2.98. The molecule has 1 heterocycles. The van der Waals surface area contributed by atoms with Gasteiger partial charge in [-0.2, -0.15) is 0 Å². The first-order valence-corrected chi connectivity index (χ1v) is 8.39. The number of halogens is 1. The first kappa shape index (κ1) is 16.4. The summed E-state index contributed by atoms with van der Waals surface area (Å²) in [5, 5.41) is 11.8. The van der Waals surface area contributed by atoms with Gasteiger partial charge in [-0.15, -0.1) is 0 Å². The number of sulfonamides is 1. The highest BCUT2D eigenvalue weighted by Crippen LogP contribution is 2.32. The number of carbonyl (C=O) groups is 1. The summed E-state index contributed by atoms with van der Waals surface area (Å²) in [4.78, 5) is 11.4. The molecule has 0 bridgehead atoms. The molecule has 0 aromatic heterocycles. The molecule has 0 aliphatic carbocycles. The summed E-state index contributed by atoms with van der Waals surface area (Å²) in [6, 6.07) is 2.26. The lowest BCUT2D eigenvalue weighted by Gasteiger charge is -2.16. The van der Waals surface area contributed by atoms with Gasteiger partial charge in [0.1, 0.15) is 0 Å². The number of ether oxygens (including phenoxy) is 1. The van der Waals surface area contributed by atoms with Crippen LogP contribution in [0.3, 0.4) is 0 Å². The van der Waals surface area contributed by atoms with Crippen molar-refractivity contribution in [3.63, 3.8) is 0 Å². The summed E-state index contributed by atoms with van der Waals surface area (Å²) in [5.74, 6) is -0.174. The average Bonchev–Trinajstić information content (AvgIpc) is 2.76. The molecular weight excluding hydrogens is 364 g/mol. The van der Waals surface area contributed by atoms with Crippen molar-refractivity contribution in [3.8, 4) is 0 Å². The Morgan fingerprint density at radius 2 is 2.24 bits per heavy atom. The van der Waals surface area contributed by atoms with E-state index in [0.717, 1.165) is 0 Å². The fraction of sp³-hybridized carbons (Fsp3) is 0.417. The van der Waals surface area contributed by atoms with E-state index >= 15 is 0 Å². The second kappa shape index (κ2) is 6.41. The molecule has 1 aliphatic heterocycles. The number of fused-ring (bicyclic) bond motifs is 1. The number of anilines is 1. The van der Waals surface area contributed by atoms with E-state index in [1.165, 1.54) is 13.2 Å². The number of nitrogens with one attached hydrogen (secondary N) is 2. The highest BCUT2D eigenvalue weighted by molar-refractivity contribution is 9.10. The van der Waals surface area contributed by atoms with Crippen LogP contribution in [-0.4, -0.2) is 45.8 Å². The maximum atomic E-state index is 12.4. The van der Waals surface area contributed by atoms with Gasteiger partial charge in [0.2, 0.25) is 15.9 Å². The van der Waals surface area contributed by atoms with E-state index in [4.69, 9.17) is 9.84 Å². The zero-order valence-electron chi connectivity index (χ0n) is 11.2. The van der Waals surface area contributed by atoms with E-state index in [2.05, 4.69) is 26.0 Å².